The molecule has 1 aliphatic carbocycles. The molecule has 0 radical (unpaired) electrons. The van der Waals surface area contributed by atoms with Gasteiger partial charge in [0.15, 0.2) is 5.96 Å². The van der Waals surface area contributed by atoms with Crippen LogP contribution in [0.25, 0.3) is 10.1 Å². The van der Waals surface area contributed by atoms with Crippen LogP contribution < -0.4 is 10.6 Å². The fourth-order valence-electron chi connectivity index (χ4n) is 3.76. The van der Waals surface area contributed by atoms with Crippen LogP contribution in [-0.4, -0.2) is 36.3 Å². The molecule has 0 fully saturated rings. The Bertz CT molecular complexity index is 973. The molecule has 2 atom stereocenters. The lowest BCUT2D eigenvalue weighted by Crippen LogP contribution is -2.45. The molecule has 0 aliphatic heterocycles. The zero-order valence-corrected chi connectivity index (χ0v) is 19.4. The van der Waals surface area contributed by atoms with Crippen molar-refractivity contribution in [2.24, 2.45) is 4.99 Å². The van der Waals surface area contributed by atoms with Gasteiger partial charge < -0.3 is 20.8 Å². The van der Waals surface area contributed by atoms with Gasteiger partial charge in [-0.1, -0.05) is 42.5 Å². The van der Waals surface area contributed by atoms with E-state index in [2.05, 4.69) is 33.8 Å². The summed E-state index contributed by atoms with van der Waals surface area (Å²) < 4.78 is 1.17. The quantitative estimate of drug-likeness (QED) is 0.235. The Balaban J connectivity index is 0.00000240. The fourth-order valence-corrected chi connectivity index (χ4v) is 4.81. The summed E-state index contributed by atoms with van der Waals surface area (Å²) >= 11 is 1.60. The molecule has 2 unspecified atom stereocenters. The van der Waals surface area contributed by atoms with Crippen LogP contribution in [0.15, 0.2) is 59.6 Å². The van der Waals surface area contributed by atoms with Crippen LogP contribution in [0, 0.1) is 0 Å². The summed E-state index contributed by atoms with van der Waals surface area (Å²) in [5, 5.41) is 29.1. The molecule has 0 saturated carbocycles. The fraction of sp³-hybridized carbons (Fsp3) is 0.318. The number of benzene rings is 2. The second kappa shape index (κ2) is 9.42. The average Bonchev–Trinajstić information content (AvgIpc) is 3.30. The van der Waals surface area contributed by atoms with Gasteiger partial charge >= 0.3 is 0 Å². The van der Waals surface area contributed by atoms with Crippen molar-refractivity contribution in [2.45, 2.75) is 24.5 Å². The number of fused-ring (bicyclic) bond motifs is 2. The first-order valence-corrected chi connectivity index (χ1v) is 10.3. The molecule has 4 rings (SSSR count). The van der Waals surface area contributed by atoms with Crippen molar-refractivity contribution in [2.75, 3.05) is 20.1 Å². The maximum atomic E-state index is 11.0. The van der Waals surface area contributed by atoms with E-state index in [-0.39, 0.29) is 24.0 Å². The van der Waals surface area contributed by atoms with Gasteiger partial charge in [0.05, 0.1) is 6.54 Å². The molecule has 0 amide bonds. The summed E-state index contributed by atoms with van der Waals surface area (Å²) in [6.07, 6.45) is 0.956. The molecule has 7 heteroatoms. The van der Waals surface area contributed by atoms with Gasteiger partial charge in [0, 0.05) is 23.2 Å². The number of nitrogens with zero attached hydrogens (tertiary/aromatic N) is 1. The van der Waals surface area contributed by atoms with Crippen LogP contribution in [0.4, 0.5) is 0 Å². The van der Waals surface area contributed by atoms with Crippen molar-refractivity contribution in [3.05, 3.63) is 70.6 Å². The van der Waals surface area contributed by atoms with Crippen molar-refractivity contribution in [1.29, 1.82) is 0 Å². The number of aryl methyl sites for hydroxylation is 1. The molecule has 5 nitrogen and oxygen atoms in total. The van der Waals surface area contributed by atoms with Crippen LogP contribution in [-0.2, 0) is 12.0 Å². The molecule has 1 aromatic heterocycles. The molecular weight excluding hydrogens is 497 g/mol. The molecule has 0 bridgehead atoms. The summed E-state index contributed by atoms with van der Waals surface area (Å²) in [5.74, 6) is 0.568. The number of hydrogen-bond acceptors (Lipinski definition) is 4. The van der Waals surface area contributed by atoms with E-state index >= 15 is 0 Å². The zero-order chi connectivity index (χ0) is 19.6. The van der Waals surface area contributed by atoms with Crippen molar-refractivity contribution in [1.82, 2.24) is 10.6 Å². The lowest BCUT2D eigenvalue weighted by Gasteiger charge is -2.26. The van der Waals surface area contributed by atoms with E-state index in [0.717, 1.165) is 22.2 Å². The third-order valence-electron chi connectivity index (χ3n) is 5.33. The van der Waals surface area contributed by atoms with Crippen molar-refractivity contribution in [3.8, 4) is 0 Å². The van der Waals surface area contributed by atoms with E-state index in [4.69, 9.17) is 0 Å². The topological polar surface area (TPSA) is 76.9 Å². The van der Waals surface area contributed by atoms with Crippen molar-refractivity contribution in [3.63, 3.8) is 0 Å². The van der Waals surface area contributed by atoms with E-state index in [1.54, 1.807) is 18.4 Å². The minimum atomic E-state index is -0.891. The van der Waals surface area contributed by atoms with Gasteiger partial charge in [-0.2, -0.15) is 0 Å². The van der Waals surface area contributed by atoms with E-state index in [9.17, 15) is 10.2 Å². The van der Waals surface area contributed by atoms with Crippen LogP contribution in [0.5, 0.6) is 0 Å². The van der Waals surface area contributed by atoms with Gasteiger partial charge in [0.1, 0.15) is 11.7 Å². The maximum absolute atomic E-state index is 11.0. The van der Waals surface area contributed by atoms with E-state index in [1.807, 2.05) is 36.4 Å². The highest BCUT2D eigenvalue weighted by molar-refractivity contribution is 14.0. The predicted molar refractivity (Wildman–Crippen MR) is 130 cm³/mol. The van der Waals surface area contributed by atoms with Gasteiger partial charge in [0.2, 0.25) is 0 Å². The Labute approximate surface area is 191 Å². The van der Waals surface area contributed by atoms with Crippen LogP contribution >= 0.6 is 35.3 Å². The molecule has 1 heterocycles. The third-order valence-corrected chi connectivity index (χ3v) is 6.55. The smallest absolute Gasteiger partial charge is 0.191 e. The van der Waals surface area contributed by atoms with Gasteiger partial charge in [-0.15, -0.1) is 35.3 Å². The van der Waals surface area contributed by atoms with Gasteiger partial charge in [-0.3, -0.25) is 4.99 Å². The SMILES string of the molecule is CN=C(NCC(O)c1cc2ccccc2s1)NCC1(O)CCc2ccccc21.I. The highest BCUT2D eigenvalue weighted by Crippen LogP contribution is 2.36. The monoisotopic (exact) mass is 523 g/mol. The molecule has 2 aromatic carbocycles. The molecule has 154 valence electrons. The second-order valence-corrected chi connectivity index (χ2v) is 8.31. The van der Waals surface area contributed by atoms with E-state index < -0.39 is 11.7 Å². The third kappa shape index (κ3) is 4.74. The highest BCUT2D eigenvalue weighted by atomic mass is 127. The summed E-state index contributed by atoms with van der Waals surface area (Å²) in [7, 11) is 1.69. The van der Waals surface area contributed by atoms with E-state index in [0.29, 0.717) is 25.5 Å². The lowest BCUT2D eigenvalue weighted by atomic mass is 9.96. The summed E-state index contributed by atoms with van der Waals surface area (Å²) in [5.41, 5.74) is 1.30. The summed E-state index contributed by atoms with van der Waals surface area (Å²) in [6, 6.07) is 18.2. The highest BCUT2D eigenvalue weighted by Gasteiger charge is 2.36. The maximum Gasteiger partial charge on any atom is 0.191 e. The van der Waals surface area contributed by atoms with Crippen molar-refractivity contribution < 1.29 is 10.2 Å². The molecule has 29 heavy (non-hydrogen) atoms. The Morgan fingerprint density at radius 1 is 1.17 bits per heavy atom. The predicted octanol–water partition coefficient (Wildman–Crippen LogP) is 3.55. The second-order valence-electron chi connectivity index (χ2n) is 7.20. The Hall–Kier alpha value is -1.68. The zero-order valence-electron chi connectivity index (χ0n) is 16.3. The number of halogens is 1. The molecule has 3 aromatic rings. The molecule has 4 N–H and O–H groups in total. The Kier molecular flexibility index (Phi) is 7.15. The summed E-state index contributed by atoms with van der Waals surface area (Å²) in [4.78, 5) is 5.14. The minimum absolute atomic E-state index is 0. The van der Waals surface area contributed by atoms with Crippen LogP contribution in [0.1, 0.15) is 28.5 Å². The summed E-state index contributed by atoms with van der Waals surface area (Å²) in [6.45, 7) is 0.726. The van der Waals surface area contributed by atoms with Crippen molar-refractivity contribution >= 4 is 51.4 Å². The molecule has 0 spiro atoms. The van der Waals surface area contributed by atoms with E-state index in [1.165, 1.54) is 10.3 Å². The number of hydrogen-bond donors (Lipinski definition) is 4. The number of aliphatic hydroxyl groups is 2. The molecule has 1 aliphatic rings. The normalized spacial score (nSPS) is 19.5. The van der Waals surface area contributed by atoms with Gasteiger partial charge in [-0.05, 0) is 41.5 Å². The first-order chi connectivity index (χ1) is 13.6. The minimum Gasteiger partial charge on any atom is -0.386 e. The number of aliphatic imine (C=N–C) groups is 1. The van der Waals surface area contributed by atoms with Crippen LogP contribution in [0.3, 0.4) is 0 Å². The largest absolute Gasteiger partial charge is 0.386 e. The Morgan fingerprint density at radius 2 is 1.93 bits per heavy atom. The lowest BCUT2D eigenvalue weighted by molar-refractivity contribution is 0.0431. The first kappa shape index (κ1) is 22.0. The van der Waals surface area contributed by atoms with Crippen LogP contribution in [0.2, 0.25) is 0 Å². The number of rotatable bonds is 5. The van der Waals surface area contributed by atoms with Gasteiger partial charge in [0.25, 0.3) is 0 Å². The number of thiophene rings is 1. The number of aliphatic hydroxyl groups excluding tert-OH is 1. The standard InChI is InChI=1S/C22H25N3O2S.HI/c1-23-21(25-14-22(27)11-10-15-6-2-4-8-17(15)22)24-13-18(26)20-12-16-7-3-5-9-19(16)28-20;/h2-9,12,18,26-27H,10-11,13-14H2,1H3,(H2,23,24,25);1H. The number of guanidine groups is 1. The number of nitrogens with one attached hydrogen (secondary N) is 2. The van der Waals surface area contributed by atoms with Gasteiger partial charge in [-0.25, -0.2) is 0 Å². The average molecular weight is 523 g/mol. The molecule has 0 saturated heterocycles. The Morgan fingerprint density at radius 3 is 2.72 bits per heavy atom. The molecular formula is C22H26IN3O2S. The first-order valence-electron chi connectivity index (χ1n) is 9.51.